The highest BCUT2D eigenvalue weighted by molar-refractivity contribution is 14.1. The molecule has 0 saturated heterocycles. The van der Waals surface area contributed by atoms with Crippen LogP contribution in [-0.2, 0) is 0 Å². The summed E-state index contributed by atoms with van der Waals surface area (Å²) < 4.78 is 0.976. The number of alkyl halides is 1. The second-order valence-electron chi connectivity index (χ2n) is 1.94. The van der Waals surface area contributed by atoms with Gasteiger partial charge in [-0.05, 0) is 6.42 Å². The van der Waals surface area contributed by atoms with Crippen LogP contribution in [0.3, 0.4) is 0 Å². The third-order valence-electron chi connectivity index (χ3n) is 1.10. The van der Waals surface area contributed by atoms with Crippen molar-refractivity contribution in [3.63, 3.8) is 0 Å². The Labute approximate surface area is 71.6 Å². The molecule has 52 valence electrons. The average Bonchev–Trinajstić information content (AvgIpc) is 1.89. The van der Waals surface area contributed by atoms with Gasteiger partial charge in [-0.3, -0.25) is 0 Å². The van der Waals surface area contributed by atoms with E-state index < -0.39 is 0 Å². The van der Waals surface area contributed by atoms with Crippen molar-refractivity contribution < 1.29 is 0 Å². The van der Waals surface area contributed by atoms with E-state index in [1.54, 1.807) is 0 Å². The van der Waals surface area contributed by atoms with Gasteiger partial charge in [0.1, 0.15) is 0 Å². The van der Waals surface area contributed by atoms with E-state index in [-0.39, 0.29) is 0 Å². The highest BCUT2D eigenvalue weighted by atomic mass is 127. The SMILES string of the molecule is CCCCCC#CCI. The van der Waals surface area contributed by atoms with Gasteiger partial charge >= 0.3 is 0 Å². The van der Waals surface area contributed by atoms with Crippen LogP contribution in [-0.4, -0.2) is 4.43 Å². The fourth-order valence-corrected chi connectivity index (χ4v) is 0.869. The summed E-state index contributed by atoms with van der Waals surface area (Å²) in [6.07, 6.45) is 5.00. The van der Waals surface area contributed by atoms with E-state index in [0.29, 0.717) is 0 Å². The smallest absolute Gasteiger partial charge is 0.0609 e. The molecule has 0 spiro atoms. The maximum atomic E-state index is 3.11. The molecule has 0 aromatic rings. The molecule has 0 rings (SSSR count). The molecule has 0 unspecified atom stereocenters. The summed E-state index contributed by atoms with van der Waals surface area (Å²) in [5, 5.41) is 0. The highest BCUT2D eigenvalue weighted by Crippen LogP contribution is 1.96. The summed E-state index contributed by atoms with van der Waals surface area (Å²) in [5.74, 6) is 6.16. The average molecular weight is 236 g/mol. The van der Waals surface area contributed by atoms with Crippen molar-refractivity contribution in [1.82, 2.24) is 0 Å². The lowest BCUT2D eigenvalue weighted by molar-refractivity contribution is 0.737. The molecule has 0 N–H and O–H groups in total. The van der Waals surface area contributed by atoms with Crippen molar-refractivity contribution in [2.75, 3.05) is 4.43 Å². The van der Waals surface area contributed by atoms with Crippen LogP contribution in [0.2, 0.25) is 0 Å². The second kappa shape index (κ2) is 8.29. The van der Waals surface area contributed by atoms with Crippen LogP contribution >= 0.6 is 22.6 Å². The van der Waals surface area contributed by atoms with E-state index in [1.807, 2.05) is 0 Å². The monoisotopic (exact) mass is 236 g/mol. The van der Waals surface area contributed by atoms with E-state index in [9.17, 15) is 0 Å². The minimum atomic E-state index is 0.976. The van der Waals surface area contributed by atoms with E-state index in [1.165, 1.54) is 19.3 Å². The van der Waals surface area contributed by atoms with Crippen LogP contribution in [0.15, 0.2) is 0 Å². The first-order valence-corrected chi connectivity index (χ1v) is 4.96. The van der Waals surface area contributed by atoms with Crippen molar-refractivity contribution in [3.8, 4) is 11.8 Å². The van der Waals surface area contributed by atoms with E-state index >= 15 is 0 Å². The molecular weight excluding hydrogens is 223 g/mol. The normalized spacial score (nSPS) is 8.22. The zero-order chi connectivity index (χ0) is 6.95. The number of unbranched alkanes of at least 4 members (excludes halogenated alkanes) is 3. The molecule has 0 aromatic carbocycles. The summed E-state index contributed by atoms with van der Waals surface area (Å²) in [6, 6.07) is 0. The van der Waals surface area contributed by atoms with Crippen LogP contribution in [0.1, 0.15) is 32.6 Å². The summed E-state index contributed by atoms with van der Waals surface area (Å²) >= 11 is 2.27. The van der Waals surface area contributed by atoms with Gasteiger partial charge in [0, 0.05) is 6.42 Å². The molecule has 0 heterocycles. The first-order chi connectivity index (χ1) is 4.41. The zero-order valence-electron chi connectivity index (χ0n) is 5.91. The van der Waals surface area contributed by atoms with Crippen LogP contribution in [0.25, 0.3) is 0 Å². The molecule has 0 nitrogen and oxygen atoms in total. The number of hydrogen-bond donors (Lipinski definition) is 0. The first-order valence-electron chi connectivity index (χ1n) is 3.43. The minimum absolute atomic E-state index is 0.976. The van der Waals surface area contributed by atoms with Crippen molar-refractivity contribution in [1.29, 1.82) is 0 Å². The molecule has 0 saturated carbocycles. The van der Waals surface area contributed by atoms with Crippen molar-refractivity contribution in [3.05, 3.63) is 0 Å². The molecule has 0 bridgehead atoms. The summed E-state index contributed by atoms with van der Waals surface area (Å²) in [6.45, 7) is 2.21. The largest absolute Gasteiger partial charge is 0.103 e. The van der Waals surface area contributed by atoms with Gasteiger partial charge in [-0.2, -0.15) is 0 Å². The molecule has 0 aliphatic carbocycles. The van der Waals surface area contributed by atoms with Gasteiger partial charge in [-0.15, -0.1) is 5.92 Å². The Bertz CT molecular complexity index is 96.9. The Hall–Kier alpha value is 0.290. The Morgan fingerprint density at radius 1 is 1.22 bits per heavy atom. The number of hydrogen-bond acceptors (Lipinski definition) is 0. The lowest BCUT2D eigenvalue weighted by Crippen LogP contribution is -1.70. The van der Waals surface area contributed by atoms with Gasteiger partial charge in [-0.25, -0.2) is 0 Å². The third-order valence-corrected chi connectivity index (χ3v) is 1.48. The molecule has 0 amide bonds. The van der Waals surface area contributed by atoms with Crippen LogP contribution < -0.4 is 0 Å². The minimum Gasteiger partial charge on any atom is -0.103 e. The topological polar surface area (TPSA) is 0 Å². The number of halogens is 1. The fraction of sp³-hybridized carbons (Fsp3) is 0.750. The Morgan fingerprint density at radius 3 is 2.56 bits per heavy atom. The van der Waals surface area contributed by atoms with E-state index in [0.717, 1.165) is 10.8 Å². The number of rotatable bonds is 3. The lowest BCUT2D eigenvalue weighted by Gasteiger charge is -1.87. The summed E-state index contributed by atoms with van der Waals surface area (Å²) in [7, 11) is 0. The second-order valence-corrected chi connectivity index (χ2v) is 2.71. The Kier molecular flexibility index (Phi) is 8.56. The summed E-state index contributed by atoms with van der Waals surface area (Å²) in [5.41, 5.74) is 0. The van der Waals surface area contributed by atoms with Crippen molar-refractivity contribution in [2.45, 2.75) is 32.6 Å². The van der Waals surface area contributed by atoms with Gasteiger partial charge in [0.15, 0.2) is 0 Å². The molecule has 1 heteroatoms. The van der Waals surface area contributed by atoms with Gasteiger partial charge in [0.2, 0.25) is 0 Å². The van der Waals surface area contributed by atoms with Crippen molar-refractivity contribution >= 4 is 22.6 Å². The van der Waals surface area contributed by atoms with Crippen molar-refractivity contribution in [2.24, 2.45) is 0 Å². The molecule has 0 aliphatic rings. The molecule has 0 fully saturated rings. The predicted molar refractivity (Wildman–Crippen MR) is 50.8 cm³/mol. The standard InChI is InChI=1S/C8H13I/c1-2-3-4-5-6-7-8-9/h2-5,8H2,1H3. The lowest BCUT2D eigenvalue weighted by atomic mass is 10.2. The highest BCUT2D eigenvalue weighted by Gasteiger charge is 1.79. The summed E-state index contributed by atoms with van der Waals surface area (Å²) in [4.78, 5) is 0. The molecule has 0 atom stereocenters. The van der Waals surface area contributed by atoms with Gasteiger partial charge in [-0.1, -0.05) is 48.3 Å². The first kappa shape index (κ1) is 9.29. The van der Waals surface area contributed by atoms with Crippen LogP contribution in [0, 0.1) is 11.8 Å². The quantitative estimate of drug-likeness (QED) is 0.306. The van der Waals surface area contributed by atoms with Crippen LogP contribution in [0.5, 0.6) is 0 Å². The molecule has 0 radical (unpaired) electrons. The van der Waals surface area contributed by atoms with Gasteiger partial charge in [0.05, 0.1) is 4.43 Å². The Balaban J connectivity index is 2.90. The van der Waals surface area contributed by atoms with Crippen LogP contribution in [0.4, 0.5) is 0 Å². The predicted octanol–water partition coefficient (Wildman–Crippen LogP) is 3.01. The van der Waals surface area contributed by atoms with Gasteiger partial charge in [0.25, 0.3) is 0 Å². The molecule has 9 heavy (non-hydrogen) atoms. The Morgan fingerprint density at radius 2 is 2.00 bits per heavy atom. The fourth-order valence-electron chi connectivity index (χ4n) is 0.599. The molecular formula is C8H13I. The third kappa shape index (κ3) is 8.29. The van der Waals surface area contributed by atoms with Gasteiger partial charge < -0.3 is 0 Å². The van der Waals surface area contributed by atoms with E-state index in [2.05, 4.69) is 41.4 Å². The zero-order valence-corrected chi connectivity index (χ0v) is 8.07. The molecule has 0 aromatic heterocycles. The van der Waals surface area contributed by atoms with E-state index in [4.69, 9.17) is 0 Å². The maximum Gasteiger partial charge on any atom is 0.0609 e. The molecule has 0 aliphatic heterocycles. The maximum absolute atomic E-state index is 3.11.